The van der Waals surface area contributed by atoms with Crippen LogP contribution in [0.2, 0.25) is 0 Å². The Morgan fingerprint density at radius 3 is 2.62 bits per heavy atom. The van der Waals surface area contributed by atoms with Gasteiger partial charge in [0.2, 0.25) is 0 Å². The van der Waals surface area contributed by atoms with Crippen molar-refractivity contribution in [2.24, 2.45) is 0 Å². The number of nitrogens with zero attached hydrogens (tertiary/aromatic N) is 2. The van der Waals surface area contributed by atoms with Crippen molar-refractivity contribution < 1.29 is 23.8 Å². The summed E-state index contributed by atoms with van der Waals surface area (Å²) in [6.45, 7) is 3.38. The molecule has 2 heterocycles. The maximum Gasteiger partial charge on any atom is 0.348 e. The van der Waals surface area contributed by atoms with E-state index >= 15 is 0 Å². The summed E-state index contributed by atoms with van der Waals surface area (Å²) < 4.78 is 15.8. The summed E-state index contributed by atoms with van der Waals surface area (Å²) >= 11 is 1.17. The summed E-state index contributed by atoms with van der Waals surface area (Å²) in [5.41, 5.74) is 6.74. The summed E-state index contributed by atoms with van der Waals surface area (Å²) in [5.74, 6) is 0.0489. The maximum atomic E-state index is 12.1. The number of thiophene rings is 1. The van der Waals surface area contributed by atoms with Crippen LogP contribution in [0, 0.1) is 6.92 Å². The van der Waals surface area contributed by atoms with Crippen molar-refractivity contribution in [3.63, 3.8) is 0 Å². The van der Waals surface area contributed by atoms with E-state index in [1.165, 1.54) is 11.3 Å². The number of aromatic nitrogens is 2. The lowest BCUT2D eigenvalue weighted by Gasteiger charge is -2.08. The van der Waals surface area contributed by atoms with Crippen LogP contribution in [0.15, 0.2) is 42.5 Å². The monoisotopic (exact) mass is 451 g/mol. The number of anilines is 1. The fraction of sp³-hybridized carbons (Fsp3) is 0.217. The Balaban J connectivity index is 1.40. The number of nitrogen functional groups attached to an aromatic ring is 1. The Morgan fingerprint density at radius 1 is 1.06 bits per heavy atom. The molecule has 8 nitrogen and oxygen atoms in total. The van der Waals surface area contributed by atoms with Crippen molar-refractivity contribution in [3.05, 3.63) is 58.7 Å². The van der Waals surface area contributed by atoms with Gasteiger partial charge < -0.3 is 19.9 Å². The number of nitrogens with two attached hydrogens (primary N) is 1. The molecule has 2 aromatic carbocycles. The van der Waals surface area contributed by atoms with Crippen LogP contribution in [0.1, 0.15) is 28.0 Å². The van der Waals surface area contributed by atoms with E-state index in [4.69, 9.17) is 19.9 Å². The Bertz CT molecular complexity index is 1320. The minimum atomic E-state index is -0.560. The van der Waals surface area contributed by atoms with Crippen LogP contribution in [0.25, 0.3) is 21.0 Å². The Kier molecular flexibility index (Phi) is 6.18. The van der Waals surface area contributed by atoms with Crippen LogP contribution in [0.3, 0.4) is 0 Å². The van der Waals surface area contributed by atoms with Crippen molar-refractivity contribution in [1.82, 2.24) is 9.97 Å². The van der Waals surface area contributed by atoms with Gasteiger partial charge in [0.25, 0.3) is 0 Å². The van der Waals surface area contributed by atoms with E-state index < -0.39 is 11.9 Å². The fourth-order valence-electron chi connectivity index (χ4n) is 3.26. The average molecular weight is 452 g/mol. The number of ether oxygens (including phenoxy) is 3. The second kappa shape index (κ2) is 9.19. The van der Waals surface area contributed by atoms with E-state index in [1.807, 2.05) is 36.4 Å². The van der Waals surface area contributed by atoms with E-state index in [1.54, 1.807) is 19.9 Å². The average Bonchev–Trinajstić information content (AvgIpc) is 3.13. The number of benzene rings is 2. The van der Waals surface area contributed by atoms with Crippen LogP contribution < -0.4 is 10.5 Å². The molecule has 0 aliphatic rings. The van der Waals surface area contributed by atoms with Gasteiger partial charge >= 0.3 is 11.9 Å². The summed E-state index contributed by atoms with van der Waals surface area (Å²) in [5, 5.41) is 2.71. The molecule has 0 atom stereocenters. The van der Waals surface area contributed by atoms with E-state index in [0.717, 1.165) is 10.8 Å². The Labute approximate surface area is 187 Å². The highest BCUT2D eigenvalue weighted by molar-refractivity contribution is 7.20. The van der Waals surface area contributed by atoms with Crippen molar-refractivity contribution >= 4 is 50.1 Å². The third-order valence-electron chi connectivity index (χ3n) is 4.77. The molecule has 0 bridgehead atoms. The first-order valence-corrected chi connectivity index (χ1v) is 10.8. The van der Waals surface area contributed by atoms with Gasteiger partial charge in [0.05, 0.1) is 12.0 Å². The van der Waals surface area contributed by atoms with Crippen LogP contribution in [0.4, 0.5) is 5.82 Å². The minimum absolute atomic E-state index is 0.161. The van der Waals surface area contributed by atoms with E-state index in [-0.39, 0.29) is 31.5 Å². The van der Waals surface area contributed by atoms with Crippen molar-refractivity contribution in [2.45, 2.75) is 20.5 Å². The number of hydrogen-bond acceptors (Lipinski definition) is 9. The van der Waals surface area contributed by atoms with Crippen molar-refractivity contribution in [1.29, 1.82) is 0 Å². The molecule has 4 aromatic rings. The predicted molar refractivity (Wildman–Crippen MR) is 122 cm³/mol. The molecule has 0 aliphatic heterocycles. The first-order chi connectivity index (χ1) is 15.5. The van der Waals surface area contributed by atoms with Gasteiger partial charge in [-0.15, -0.1) is 11.3 Å². The highest BCUT2D eigenvalue weighted by Crippen LogP contribution is 2.33. The molecule has 32 heavy (non-hydrogen) atoms. The second-order valence-electron chi connectivity index (χ2n) is 6.94. The lowest BCUT2D eigenvalue weighted by atomic mass is 10.1. The molecular weight excluding hydrogens is 430 g/mol. The molecule has 2 N–H and O–H groups in total. The van der Waals surface area contributed by atoms with E-state index in [2.05, 4.69) is 9.97 Å². The largest absolute Gasteiger partial charge is 0.482 e. The molecule has 0 spiro atoms. The molecule has 0 saturated carbocycles. The zero-order valence-corrected chi connectivity index (χ0v) is 18.4. The third kappa shape index (κ3) is 4.47. The second-order valence-corrected chi connectivity index (χ2v) is 7.94. The predicted octanol–water partition coefficient (Wildman–Crippen LogP) is 4.03. The van der Waals surface area contributed by atoms with E-state index in [0.29, 0.717) is 26.4 Å². The topological polar surface area (TPSA) is 114 Å². The maximum absolute atomic E-state index is 12.1. The third-order valence-corrected chi connectivity index (χ3v) is 5.93. The number of fused-ring (bicyclic) bond motifs is 2. The first kappa shape index (κ1) is 21.5. The number of carbonyl (C=O) groups excluding carboxylic acids is 2. The van der Waals surface area contributed by atoms with Crippen LogP contribution >= 0.6 is 11.3 Å². The summed E-state index contributed by atoms with van der Waals surface area (Å²) in [6, 6.07) is 13.5. The van der Waals surface area contributed by atoms with Crippen LogP contribution in [0.5, 0.6) is 5.75 Å². The molecular formula is C23H21N3O5S. The van der Waals surface area contributed by atoms with Gasteiger partial charge in [-0.2, -0.15) is 0 Å². The zero-order valence-electron chi connectivity index (χ0n) is 17.6. The number of hydrogen-bond donors (Lipinski definition) is 1. The molecule has 9 heteroatoms. The molecule has 0 unspecified atom stereocenters. The molecule has 0 saturated heterocycles. The highest BCUT2D eigenvalue weighted by Gasteiger charge is 2.20. The smallest absolute Gasteiger partial charge is 0.348 e. The van der Waals surface area contributed by atoms with Crippen molar-refractivity contribution in [2.75, 3.05) is 18.9 Å². The van der Waals surface area contributed by atoms with Gasteiger partial charge in [0, 0.05) is 0 Å². The van der Waals surface area contributed by atoms with Gasteiger partial charge in [0.15, 0.2) is 19.0 Å². The highest BCUT2D eigenvalue weighted by atomic mass is 32.1. The molecule has 0 radical (unpaired) electrons. The van der Waals surface area contributed by atoms with Crippen LogP contribution in [-0.2, 0) is 20.9 Å². The lowest BCUT2D eigenvalue weighted by Crippen LogP contribution is -2.15. The Hall–Kier alpha value is -3.72. The lowest BCUT2D eigenvalue weighted by molar-refractivity contribution is -0.147. The molecule has 0 aliphatic carbocycles. The number of esters is 2. The fourth-order valence-corrected chi connectivity index (χ4v) is 4.36. The summed E-state index contributed by atoms with van der Waals surface area (Å²) in [4.78, 5) is 33.8. The quantitative estimate of drug-likeness (QED) is 0.419. The van der Waals surface area contributed by atoms with Gasteiger partial charge in [-0.25, -0.2) is 19.6 Å². The van der Waals surface area contributed by atoms with E-state index in [9.17, 15) is 9.59 Å². The SMILES string of the molecule is CCOC(=O)c1sc2nc(COC(=O)COc3ccc4ccccc4c3)nc(N)c2c1C. The molecule has 0 fully saturated rings. The van der Waals surface area contributed by atoms with Crippen LogP contribution in [-0.4, -0.2) is 35.1 Å². The van der Waals surface area contributed by atoms with Crippen molar-refractivity contribution in [3.8, 4) is 5.75 Å². The number of rotatable bonds is 7. The summed E-state index contributed by atoms with van der Waals surface area (Å²) in [7, 11) is 0. The Morgan fingerprint density at radius 2 is 1.84 bits per heavy atom. The van der Waals surface area contributed by atoms with Gasteiger partial charge in [-0.1, -0.05) is 30.3 Å². The first-order valence-electron chi connectivity index (χ1n) is 9.96. The molecule has 2 aromatic heterocycles. The standard InChI is InChI=1S/C23H21N3O5S/c1-3-29-23(28)20-13(2)19-21(24)25-17(26-22(19)32-20)11-31-18(27)12-30-16-9-8-14-6-4-5-7-15(14)10-16/h4-10H,3,11-12H2,1-2H3,(H2,24,25,26). The van der Waals surface area contributed by atoms with Gasteiger partial charge in [0.1, 0.15) is 21.3 Å². The minimum Gasteiger partial charge on any atom is -0.482 e. The zero-order chi connectivity index (χ0) is 22.7. The number of aryl methyl sites for hydroxylation is 1. The normalized spacial score (nSPS) is 10.9. The van der Waals surface area contributed by atoms with Gasteiger partial charge in [-0.3, -0.25) is 0 Å². The number of carbonyl (C=O) groups is 2. The molecule has 4 rings (SSSR count). The van der Waals surface area contributed by atoms with Gasteiger partial charge in [-0.05, 0) is 42.3 Å². The molecule has 0 amide bonds. The summed E-state index contributed by atoms with van der Waals surface area (Å²) in [6.07, 6.45) is 0. The molecule has 164 valence electrons.